The Hall–Kier alpha value is -2.61. The number of ether oxygens (including phenoxy) is 3. The molecule has 1 aliphatic heterocycles. The molecule has 0 saturated carbocycles. The Morgan fingerprint density at radius 1 is 0.964 bits per heavy atom. The third kappa shape index (κ3) is 5.45. The Labute approximate surface area is 165 Å². The van der Waals surface area contributed by atoms with Gasteiger partial charge in [0.1, 0.15) is 5.60 Å². The number of carbonyl (C=O) groups is 3. The molecule has 28 heavy (non-hydrogen) atoms. The zero-order valence-corrected chi connectivity index (χ0v) is 17.1. The van der Waals surface area contributed by atoms with E-state index in [0.29, 0.717) is 38.3 Å². The van der Waals surface area contributed by atoms with Crippen molar-refractivity contribution in [2.24, 2.45) is 0 Å². The van der Waals surface area contributed by atoms with Gasteiger partial charge in [-0.15, -0.1) is 0 Å². The Kier molecular flexibility index (Phi) is 7.01. The summed E-state index contributed by atoms with van der Waals surface area (Å²) in [4.78, 5) is 40.3. The third-order valence-corrected chi connectivity index (χ3v) is 4.36. The quantitative estimate of drug-likeness (QED) is 0.574. The van der Waals surface area contributed by atoms with Gasteiger partial charge in [0.05, 0.1) is 25.3 Å². The summed E-state index contributed by atoms with van der Waals surface area (Å²) in [6.07, 6.45) is -0.324. The van der Waals surface area contributed by atoms with Crippen molar-refractivity contribution < 1.29 is 28.6 Å². The van der Waals surface area contributed by atoms with Crippen LogP contribution in [-0.4, -0.2) is 73.8 Å². The molecule has 0 spiro atoms. The summed E-state index contributed by atoms with van der Waals surface area (Å²) in [7, 11) is 2.55. The first-order valence-electron chi connectivity index (χ1n) is 9.15. The minimum absolute atomic E-state index is 0.180. The number of hydrogen-bond acceptors (Lipinski definition) is 7. The van der Waals surface area contributed by atoms with E-state index in [1.165, 1.54) is 14.2 Å². The molecule has 1 saturated heterocycles. The van der Waals surface area contributed by atoms with Gasteiger partial charge in [-0.3, -0.25) is 4.90 Å². The van der Waals surface area contributed by atoms with Crippen LogP contribution >= 0.6 is 0 Å². The van der Waals surface area contributed by atoms with Crippen LogP contribution in [0.15, 0.2) is 18.2 Å². The summed E-state index contributed by atoms with van der Waals surface area (Å²) < 4.78 is 15.0. The van der Waals surface area contributed by atoms with Crippen LogP contribution in [0.3, 0.4) is 0 Å². The van der Waals surface area contributed by atoms with Crippen molar-refractivity contribution in [2.75, 3.05) is 40.4 Å². The third-order valence-electron chi connectivity index (χ3n) is 4.36. The maximum Gasteiger partial charge on any atom is 0.410 e. The summed E-state index contributed by atoms with van der Waals surface area (Å²) in [5.74, 6) is -1.17. The molecule has 0 unspecified atom stereocenters. The molecule has 1 heterocycles. The Morgan fingerprint density at radius 2 is 1.57 bits per heavy atom. The van der Waals surface area contributed by atoms with E-state index in [9.17, 15) is 14.4 Å². The van der Waals surface area contributed by atoms with Gasteiger partial charge in [-0.2, -0.15) is 0 Å². The number of carbonyl (C=O) groups excluding carboxylic acids is 3. The molecule has 1 aromatic carbocycles. The van der Waals surface area contributed by atoms with Crippen LogP contribution in [0.5, 0.6) is 0 Å². The lowest BCUT2D eigenvalue weighted by Crippen LogP contribution is -2.49. The normalized spacial score (nSPS) is 15.1. The minimum atomic E-state index is -0.586. The average Bonchev–Trinajstić information content (AvgIpc) is 2.65. The second-order valence-corrected chi connectivity index (χ2v) is 7.57. The standard InChI is InChI=1S/C20H28N2O6/c1-20(2,3)28-19(25)22-11-9-21(10-12-22)13-14-7-6-8-15(17(23)26-4)16(14)18(24)27-5/h6-8H,9-13H2,1-5H3. The molecule has 1 aromatic rings. The number of esters is 2. The van der Waals surface area contributed by atoms with E-state index in [4.69, 9.17) is 14.2 Å². The van der Waals surface area contributed by atoms with E-state index in [-0.39, 0.29) is 17.2 Å². The number of rotatable bonds is 4. The second kappa shape index (κ2) is 9.05. The van der Waals surface area contributed by atoms with E-state index in [1.54, 1.807) is 23.1 Å². The first kappa shape index (κ1) is 21.7. The lowest BCUT2D eigenvalue weighted by Gasteiger charge is -2.35. The SMILES string of the molecule is COC(=O)c1cccc(CN2CCN(C(=O)OC(C)(C)C)CC2)c1C(=O)OC. The highest BCUT2D eigenvalue weighted by atomic mass is 16.6. The number of amides is 1. The maximum absolute atomic E-state index is 12.3. The largest absolute Gasteiger partial charge is 0.465 e. The molecule has 1 amide bonds. The highest BCUT2D eigenvalue weighted by Gasteiger charge is 2.28. The van der Waals surface area contributed by atoms with Crippen LogP contribution in [0.1, 0.15) is 47.1 Å². The van der Waals surface area contributed by atoms with Crippen molar-refractivity contribution in [3.63, 3.8) is 0 Å². The summed E-state index contributed by atoms with van der Waals surface area (Å²) in [6.45, 7) is 8.28. The van der Waals surface area contributed by atoms with Crippen LogP contribution < -0.4 is 0 Å². The van der Waals surface area contributed by atoms with Gasteiger partial charge in [0.15, 0.2) is 0 Å². The molecule has 154 valence electrons. The van der Waals surface area contributed by atoms with Crippen molar-refractivity contribution in [2.45, 2.75) is 32.9 Å². The van der Waals surface area contributed by atoms with Crippen molar-refractivity contribution in [1.29, 1.82) is 0 Å². The topological polar surface area (TPSA) is 85.4 Å². The summed E-state index contributed by atoms with van der Waals surface area (Å²) in [5, 5.41) is 0. The lowest BCUT2D eigenvalue weighted by atomic mass is 10.00. The number of benzene rings is 1. The van der Waals surface area contributed by atoms with E-state index in [0.717, 1.165) is 0 Å². The summed E-state index contributed by atoms with van der Waals surface area (Å²) in [6, 6.07) is 5.05. The maximum atomic E-state index is 12.3. The van der Waals surface area contributed by atoms with E-state index < -0.39 is 17.5 Å². The first-order valence-corrected chi connectivity index (χ1v) is 9.15. The van der Waals surface area contributed by atoms with Crippen LogP contribution in [0, 0.1) is 0 Å². The summed E-state index contributed by atoms with van der Waals surface area (Å²) in [5.41, 5.74) is 0.545. The Balaban J connectivity index is 2.10. The molecule has 2 rings (SSSR count). The van der Waals surface area contributed by atoms with Gasteiger partial charge in [0, 0.05) is 32.7 Å². The van der Waals surface area contributed by atoms with Crippen LogP contribution in [0.4, 0.5) is 4.79 Å². The zero-order valence-electron chi connectivity index (χ0n) is 17.1. The molecule has 8 heteroatoms. The van der Waals surface area contributed by atoms with Gasteiger partial charge in [0.25, 0.3) is 0 Å². The molecule has 8 nitrogen and oxygen atoms in total. The van der Waals surface area contributed by atoms with E-state index in [1.807, 2.05) is 20.8 Å². The zero-order chi connectivity index (χ0) is 20.9. The molecule has 0 radical (unpaired) electrons. The van der Waals surface area contributed by atoms with Gasteiger partial charge in [-0.1, -0.05) is 12.1 Å². The molecule has 0 N–H and O–H groups in total. The summed E-state index contributed by atoms with van der Waals surface area (Å²) >= 11 is 0. The smallest absolute Gasteiger partial charge is 0.410 e. The van der Waals surface area contributed by atoms with E-state index in [2.05, 4.69) is 4.90 Å². The van der Waals surface area contributed by atoms with Gasteiger partial charge in [-0.05, 0) is 32.4 Å². The van der Waals surface area contributed by atoms with Crippen LogP contribution in [0.2, 0.25) is 0 Å². The highest BCUT2D eigenvalue weighted by molar-refractivity contribution is 6.04. The number of hydrogen-bond donors (Lipinski definition) is 0. The average molecular weight is 392 g/mol. The fraction of sp³-hybridized carbons (Fsp3) is 0.550. The molecular formula is C20H28N2O6. The fourth-order valence-corrected chi connectivity index (χ4v) is 3.01. The van der Waals surface area contributed by atoms with Crippen molar-refractivity contribution in [3.05, 3.63) is 34.9 Å². The number of nitrogens with zero attached hydrogens (tertiary/aromatic N) is 2. The van der Waals surface area contributed by atoms with Gasteiger partial charge in [0.2, 0.25) is 0 Å². The molecule has 0 bridgehead atoms. The minimum Gasteiger partial charge on any atom is -0.465 e. The van der Waals surface area contributed by atoms with Crippen LogP contribution in [0.25, 0.3) is 0 Å². The molecule has 0 atom stereocenters. The highest BCUT2D eigenvalue weighted by Crippen LogP contribution is 2.20. The number of piperazine rings is 1. The second-order valence-electron chi connectivity index (χ2n) is 7.57. The molecule has 1 fully saturated rings. The van der Waals surface area contributed by atoms with Gasteiger partial charge >= 0.3 is 18.0 Å². The first-order chi connectivity index (χ1) is 13.2. The Morgan fingerprint density at radius 3 is 2.11 bits per heavy atom. The molecule has 0 aliphatic carbocycles. The molecule has 0 aromatic heterocycles. The van der Waals surface area contributed by atoms with Gasteiger partial charge < -0.3 is 19.1 Å². The molecule has 1 aliphatic rings. The van der Waals surface area contributed by atoms with Crippen LogP contribution in [-0.2, 0) is 20.8 Å². The monoisotopic (exact) mass is 392 g/mol. The number of methoxy groups -OCH3 is 2. The predicted octanol–water partition coefficient (Wildman–Crippen LogP) is 2.31. The van der Waals surface area contributed by atoms with Crippen molar-refractivity contribution in [3.8, 4) is 0 Å². The fourth-order valence-electron chi connectivity index (χ4n) is 3.01. The predicted molar refractivity (Wildman–Crippen MR) is 102 cm³/mol. The van der Waals surface area contributed by atoms with Crippen molar-refractivity contribution >= 4 is 18.0 Å². The van der Waals surface area contributed by atoms with Crippen molar-refractivity contribution in [1.82, 2.24) is 9.80 Å². The lowest BCUT2D eigenvalue weighted by molar-refractivity contribution is 0.0138. The van der Waals surface area contributed by atoms with E-state index >= 15 is 0 Å². The molecular weight excluding hydrogens is 364 g/mol. The Bertz CT molecular complexity index is 733. The van der Waals surface area contributed by atoms with Gasteiger partial charge in [-0.25, -0.2) is 14.4 Å².